The molecule has 8 nitrogen and oxygen atoms in total. The molecule has 24 heavy (non-hydrogen) atoms. The number of hydrogen-bond donors (Lipinski definition) is 1. The van der Waals surface area contributed by atoms with Crippen molar-refractivity contribution in [2.24, 2.45) is 11.0 Å². The molecule has 1 aliphatic rings. The van der Waals surface area contributed by atoms with E-state index >= 15 is 0 Å². The first kappa shape index (κ1) is 17.6. The molecule has 1 fully saturated rings. The SMILES string of the molecule is CC(/C=N/Nc1ccc([N+](=O)[O-])cc1[N+](=O)[O-])=C\C1CCCCC1. The smallest absolute Gasteiger partial charge is 0.272 e. The van der Waals surface area contributed by atoms with Gasteiger partial charge in [0.1, 0.15) is 5.69 Å². The lowest BCUT2D eigenvalue weighted by Crippen LogP contribution is -2.04. The van der Waals surface area contributed by atoms with Crippen molar-refractivity contribution in [3.05, 3.63) is 50.1 Å². The fourth-order valence-electron chi connectivity index (χ4n) is 2.80. The topological polar surface area (TPSA) is 111 Å². The molecule has 1 aromatic rings. The molecule has 0 heterocycles. The lowest BCUT2D eigenvalue weighted by molar-refractivity contribution is -0.393. The number of hydrogen-bond acceptors (Lipinski definition) is 6. The van der Waals surface area contributed by atoms with Crippen LogP contribution in [0.5, 0.6) is 0 Å². The number of allylic oxidation sites excluding steroid dienone is 2. The third-order valence-corrected chi connectivity index (χ3v) is 3.99. The van der Waals surface area contributed by atoms with E-state index < -0.39 is 9.85 Å². The fraction of sp³-hybridized carbons (Fsp3) is 0.438. The minimum atomic E-state index is -0.671. The van der Waals surface area contributed by atoms with Gasteiger partial charge in [-0.15, -0.1) is 0 Å². The Hall–Kier alpha value is -2.77. The van der Waals surface area contributed by atoms with Crippen LogP contribution >= 0.6 is 0 Å². The van der Waals surface area contributed by atoms with E-state index in [1.807, 2.05) is 6.92 Å². The highest BCUT2D eigenvalue weighted by atomic mass is 16.6. The normalized spacial score (nSPS) is 16.3. The molecule has 0 aromatic heterocycles. The first-order chi connectivity index (χ1) is 11.5. The summed E-state index contributed by atoms with van der Waals surface area (Å²) in [4.78, 5) is 20.4. The van der Waals surface area contributed by atoms with Gasteiger partial charge in [-0.2, -0.15) is 5.10 Å². The number of nitro benzene ring substituents is 2. The number of benzene rings is 1. The molecule has 0 radical (unpaired) electrons. The molecule has 0 bridgehead atoms. The van der Waals surface area contributed by atoms with E-state index in [2.05, 4.69) is 16.6 Å². The van der Waals surface area contributed by atoms with Gasteiger partial charge in [0.25, 0.3) is 5.69 Å². The van der Waals surface area contributed by atoms with Gasteiger partial charge < -0.3 is 0 Å². The van der Waals surface area contributed by atoms with E-state index in [9.17, 15) is 20.2 Å². The third kappa shape index (κ3) is 4.87. The number of rotatable bonds is 6. The maximum absolute atomic E-state index is 11.0. The number of hydrazone groups is 1. The average molecular weight is 332 g/mol. The Kier molecular flexibility index (Phi) is 6.00. The minimum absolute atomic E-state index is 0.118. The quantitative estimate of drug-likeness (QED) is 0.470. The predicted molar refractivity (Wildman–Crippen MR) is 92.2 cm³/mol. The van der Waals surface area contributed by atoms with Crippen molar-refractivity contribution in [3.63, 3.8) is 0 Å². The summed E-state index contributed by atoms with van der Waals surface area (Å²) in [6, 6.07) is 3.41. The largest absolute Gasteiger partial charge is 0.301 e. The van der Waals surface area contributed by atoms with Crippen LogP contribution in [0.3, 0.4) is 0 Å². The summed E-state index contributed by atoms with van der Waals surface area (Å²) in [7, 11) is 0. The van der Waals surface area contributed by atoms with Crippen LogP contribution in [0.1, 0.15) is 39.0 Å². The van der Waals surface area contributed by atoms with Crippen molar-refractivity contribution in [1.82, 2.24) is 0 Å². The maximum atomic E-state index is 11.0. The van der Waals surface area contributed by atoms with E-state index in [0.29, 0.717) is 5.92 Å². The van der Waals surface area contributed by atoms with Crippen molar-refractivity contribution in [1.29, 1.82) is 0 Å². The Morgan fingerprint density at radius 3 is 2.54 bits per heavy atom. The molecule has 0 unspecified atom stereocenters. The summed E-state index contributed by atoms with van der Waals surface area (Å²) in [5, 5.41) is 25.7. The number of nitro groups is 2. The number of non-ortho nitro benzene ring substituents is 1. The fourth-order valence-corrected chi connectivity index (χ4v) is 2.80. The highest BCUT2D eigenvalue weighted by Crippen LogP contribution is 2.29. The molecule has 0 amide bonds. The molecule has 2 rings (SSSR count). The van der Waals surface area contributed by atoms with E-state index in [0.717, 1.165) is 11.6 Å². The molecule has 0 spiro atoms. The number of nitrogens with one attached hydrogen (secondary N) is 1. The summed E-state index contributed by atoms with van der Waals surface area (Å²) in [6.07, 6.45) is 9.95. The van der Waals surface area contributed by atoms with Crippen molar-refractivity contribution in [3.8, 4) is 0 Å². The zero-order valence-electron chi connectivity index (χ0n) is 13.5. The van der Waals surface area contributed by atoms with Gasteiger partial charge in [0.05, 0.1) is 15.9 Å². The van der Waals surface area contributed by atoms with E-state index in [1.165, 1.54) is 44.2 Å². The molecule has 0 aliphatic heterocycles. The van der Waals surface area contributed by atoms with Crippen molar-refractivity contribution < 1.29 is 9.85 Å². The lowest BCUT2D eigenvalue weighted by atomic mass is 9.88. The molecule has 1 saturated carbocycles. The first-order valence-electron chi connectivity index (χ1n) is 7.87. The highest BCUT2D eigenvalue weighted by Gasteiger charge is 2.19. The standard InChI is InChI=1S/C16H20N4O4/c1-12(9-13-5-3-2-4-6-13)11-17-18-15-8-7-14(19(21)22)10-16(15)20(23)24/h7-11,13,18H,2-6H2,1H3/b12-9+,17-11+. The molecule has 0 saturated heterocycles. The second-order valence-corrected chi connectivity index (χ2v) is 5.89. The Morgan fingerprint density at radius 1 is 1.21 bits per heavy atom. The molecule has 128 valence electrons. The number of anilines is 1. The monoisotopic (exact) mass is 332 g/mol. The van der Waals surface area contributed by atoms with Gasteiger partial charge in [-0.1, -0.05) is 25.3 Å². The van der Waals surface area contributed by atoms with Gasteiger partial charge in [-0.25, -0.2) is 0 Å². The van der Waals surface area contributed by atoms with E-state index in [1.54, 1.807) is 6.21 Å². The second-order valence-electron chi connectivity index (χ2n) is 5.89. The van der Waals surface area contributed by atoms with Crippen LogP contribution in [0.4, 0.5) is 17.1 Å². The van der Waals surface area contributed by atoms with E-state index in [-0.39, 0.29) is 17.1 Å². The molecular formula is C16H20N4O4. The zero-order valence-corrected chi connectivity index (χ0v) is 13.5. The van der Waals surface area contributed by atoms with Crippen LogP contribution in [0.2, 0.25) is 0 Å². The van der Waals surface area contributed by atoms with Crippen molar-refractivity contribution in [2.45, 2.75) is 39.0 Å². The van der Waals surface area contributed by atoms with Crippen LogP contribution in [0, 0.1) is 26.1 Å². The Balaban J connectivity index is 2.06. The van der Waals surface area contributed by atoms with Crippen LogP contribution in [-0.2, 0) is 0 Å². The summed E-state index contributed by atoms with van der Waals surface area (Å²) in [5.74, 6) is 0.568. The van der Waals surface area contributed by atoms with Crippen LogP contribution < -0.4 is 5.43 Å². The Morgan fingerprint density at radius 2 is 1.92 bits per heavy atom. The summed E-state index contributed by atoms with van der Waals surface area (Å²) in [6.45, 7) is 1.93. The molecule has 1 N–H and O–H groups in total. The van der Waals surface area contributed by atoms with Crippen molar-refractivity contribution >= 4 is 23.3 Å². The highest BCUT2D eigenvalue weighted by molar-refractivity contribution is 5.79. The first-order valence-corrected chi connectivity index (χ1v) is 7.87. The average Bonchev–Trinajstić information content (AvgIpc) is 2.55. The van der Waals surface area contributed by atoms with Crippen LogP contribution in [0.25, 0.3) is 0 Å². The van der Waals surface area contributed by atoms with Gasteiger partial charge in [-0.3, -0.25) is 25.7 Å². The van der Waals surface area contributed by atoms with Gasteiger partial charge in [0.2, 0.25) is 0 Å². The van der Waals surface area contributed by atoms with Gasteiger partial charge in [0.15, 0.2) is 0 Å². The van der Waals surface area contributed by atoms with Crippen LogP contribution in [0.15, 0.2) is 34.9 Å². The molecule has 1 aromatic carbocycles. The summed E-state index contributed by atoms with van der Waals surface area (Å²) < 4.78 is 0. The third-order valence-electron chi connectivity index (χ3n) is 3.99. The molecule has 0 atom stereocenters. The molecular weight excluding hydrogens is 312 g/mol. The molecule has 1 aliphatic carbocycles. The van der Waals surface area contributed by atoms with Crippen LogP contribution in [-0.4, -0.2) is 16.1 Å². The lowest BCUT2D eigenvalue weighted by Gasteiger charge is -2.18. The number of nitrogens with zero attached hydrogens (tertiary/aromatic N) is 3. The Labute approximate surface area is 139 Å². The summed E-state index contributed by atoms with van der Waals surface area (Å²) >= 11 is 0. The zero-order chi connectivity index (χ0) is 17.5. The van der Waals surface area contributed by atoms with Gasteiger partial charge in [0, 0.05) is 12.3 Å². The minimum Gasteiger partial charge on any atom is -0.272 e. The van der Waals surface area contributed by atoms with Gasteiger partial charge >= 0.3 is 5.69 Å². The maximum Gasteiger partial charge on any atom is 0.301 e. The van der Waals surface area contributed by atoms with E-state index in [4.69, 9.17) is 0 Å². The summed E-state index contributed by atoms with van der Waals surface area (Å²) in [5.41, 5.74) is 2.99. The Bertz CT molecular complexity index is 679. The predicted octanol–water partition coefficient (Wildman–Crippen LogP) is 4.43. The van der Waals surface area contributed by atoms with Gasteiger partial charge in [-0.05, 0) is 37.3 Å². The second kappa shape index (κ2) is 8.19. The van der Waals surface area contributed by atoms with Crippen molar-refractivity contribution in [2.75, 3.05) is 5.43 Å². The molecule has 8 heteroatoms.